The largest absolute Gasteiger partial charge is 0.864 e. The van der Waals surface area contributed by atoms with Crippen molar-refractivity contribution in [1.29, 1.82) is 0 Å². The van der Waals surface area contributed by atoms with E-state index in [1.165, 1.54) is 10.8 Å². The Morgan fingerprint density at radius 3 is 1.41 bits per heavy atom. The molecule has 0 atom stereocenters. The van der Waals surface area contributed by atoms with E-state index in [2.05, 4.69) is 146 Å². The van der Waals surface area contributed by atoms with Crippen LogP contribution in [0.2, 0.25) is 0 Å². The average molecular weight is 631 g/mol. The minimum atomic E-state index is -1.06. The van der Waals surface area contributed by atoms with E-state index in [4.69, 9.17) is 14.0 Å². The van der Waals surface area contributed by atoms with Crippen LogP contribution in [-0.4, -0.2) is 7.32 Å². The van der Waals surface area contributed by atoms with Gasteiger partial charge in [-0.3, -0.25) is 0 Å². The minimum absolute atomic E-state index is 0.639. The molecule has 8 aromatic rings. The third kappa shape index (κ3) is 5.48. The van der Waals surface area contributed by atoms with Gasteiger partial charge in [0, 0.05) is 17.5 Å². The van der Waals surface area contributed by atoms with Crippen LogP contribution in [-0.2, 0) is 6.42 Å². The molecule has 8 aromatic carbocycles. The van der Waals surface area contributed by atoms with Crippen LogP contribution in [0, 0.1) is 0 Å². The number of fused-ring (bicyclic) bond motifs is 4. The van der Waals surface area contributed by atoms with Crippen molar-refractivity contribution in [1.82, 2.24) is 0 Å². The minimum Gasteiger partial charge on any atom is -0.490 e. The van der Waals surface area contributed by atoms with E-state index in [0.29, 0.717) is 12.2 Å². The lowest BCUT2D eigenvalue weighted by atomic mass is 9.90. The van der Waals surface area contributed by atoms with Crippen LogP contribution in [0.5, 0.6) is 17.2 Å². The van der Waals surface area contributed by atoms with Gasteiger partial charge in [-0.25, -0.2) is 0 Å². The molecule has 0 fully saturated rings. The molecular formula is C45H31BO3. The van der Waals surface area contributed by atoms with Crippen LogP contribution in [0.3, 0.4) is 0 Å². The quantitative estimate of drug-likeness (QED) is 0.177. The molecule has 0 aromatic heterocycles. The number of benzene rings is 8. The third-order valence-corrected chi connectivity index (χ3v) is 9.36. The van der Waals surface area contributed by atoms with Gasteiger partial charge < -0.3 is 14.0 Å². The van der Waals surface area contributed by atoms with Crippen molar-refractivity contribution in [2.75, 3.05) is 0 Å². The summed E-state index contributed by atoms with van der Waals surface area (Å²) in [5.74, 6) is 2.16. The topological polar surface area (TPSA) is 27.7 Å². The number of para-hydroxylation sites is 2. The van der Waals surface area contributed by atoms with Crippen LogP contribution in [0.4, 0.5) is 0 Å². The maximum absolute atomic E-state index is 6.88. The maximum atomic E-state index is 6.88. The van der Waals surface area contributed by atoms with E-state index in [1.807, 2.05) is 30.3 Å². The summed E-state index contributed by atoms with van der Waals surface area (Å²) in [6.45, 7) is 0. The monoisotopic (exact) mass is 630 g/mol. The molecule has 0 saturated heterocycles. The first-order valence-corrected chi connectivity index (χ1v) is 16.6. The zero-order valence-electron chi connectivity index (χ0n) is 26.8. The van der Waals surface area contributed by atoms with Gasteiger partial charge in [0.05, 0.1) is 0 Å². The van der Waals surface area contributed by atoms with Crippen molar-refractivity contribution in [3.8, 4) is 50.6 Å². The van der Waals surface area contributed by atoms with Gasteiger partial charge in [-0.1, -0.05) is 164 Å². The lowest BCUT2D eigenvalue weighted by Crippen LogP contribution is -2.38. The predicted molar refractivity (Wildman–Crippen MR) is 201 cm³/mol. The zero-order valence-corrected chi connectivity index (χ0v) is 26.8. The maximum Gasteiger partial charge on any atom is 0.864 e. The summed E-state index contributed by atoms with van der Waals surface area (Å²) in [5.41, 5.74) is 8.60. The highest BCUT2D eigenvalue weighted by Crippen LogP contribution is 2.44. The van der Waals surface area contributed by atoms with Gasteiger partial charge in [-0.15, -0.1) is 0 Å². The molecule has 49 heavy (non-hydrogen) atoms. The van der Waals surface area contributed by atoms with Gasteiger partial charge in [0.1, 0.15) is 17.2 Å². The smallest absolute Gasteiger partial charge is 0.490 e. The Balaban J connectivity index is 1.19. The Kier molecular flexibility index (Phi) is 7.32. The molecule has 232 valence electrons. The van der Waals surface area contributed by atoms with Crippen molar-refractivity contribution in [3.05, 3.63) is 187 Å². The Hall–Kier alpha value is -6.26. The van der Waals surface area contributed by atoms with Gasteiger partial charge in [0.2, 0.25) is 0 Å². The molecule has 0 saturated carbocycles. The van der Waals surface area contributed by atoms with Crippen LogP contribution in [0.15, 0.2) is 176 Å². The van der Waals surface area contributed by atoms with Crippen LogP contribution in [0.25, 0.3) is 54.9 Å². The van der Waals surface area contributed by atoms with E-state index in [1.54, 1.807) is 0 Å². The molecular weight excluding hydrogens is 599 g/mol. The van der Waals surface area contributed by atoms with Crippen LogP contribution in [0.1, 0.15) is 11.1 Å². The highest BCUT2D eigenvalue weighted by molar-refractivity contribution is 6.40. The van der Waals surface area contributed by atoms with Gasteiger partial charge in [-0.05, 0) is 67.1 Å². The summed E-state index contributed by atoms with van der Waals surface area (Å²) in [6.07, 6.45) is 0.639. The SMILES string of the molecule is c1ccc(-c2ccc(OB3Oc4c(cccc4-c4cccc5ccccc45)Cc4cccc(-c5cccc6ccccc56)c4O3)cc2)cc1. The molecule has 0 spiro atoms. The molecule has 4 heteroatoms. The Morgan fingerprint density at radius 2 is 0.837 bits per heavy atom. The van der Waals surface area contributed by atoms with E-state index in [9.17, 15) is 0 Å². The summed E-state index contributed by atoms with van der Waals surface area (Å²) in [7, 11) is -1.06. The molecule has 0 bridgehead atoms. The fourth-order valence-corrected chi connectivity index (χ4v) is 7.01. The molecule has 1 heterocycles. The van der Waals surface area contributed by atoms with Crippen molar-refractivity contribution < 1.29 is 14.0 Å². The highest BCUT2D eigenvalue weighted by Gasteiger charge is 2.36. The predicted octanol–water partition coefficient (Wildman–Crippen LogP) is 11.4. The Bertz CT molecular complexity index is 2310. The first kappa shape index (κ1) is 28.9. The second kappa shape index (κ2) is 12.4. The van der Waals surface area contributed by atoms with Crippen LogP contribution >= 0.6 is 0 Å². The first-order chi connectivity index (χ1) is 24.3. The van der Waals surface area contributed by atoms with E-state index >= 15 is 0 Å². The number of hydrogen-bond acceptors (Lipinski definition) is 3. The van der Waals surface area contributed by atoms with E-state index in [-0.39, 0.29) is 0 Å². The summed E-state index contributed by atoms with van der Waals surface area (Å²) in [6, 6.07) is 60.9. The second-order valence-electron chi connectivity index (χ2n) is 12.4. The Morgan fingerprint density at radius 1 is 0.388 bits per heavy atom. The van der Waals surface area contributed by atoms with E-state index in [0.717, 1.165) is 66.8 Å². The van der Waals surface area contributed by atoms with Crippen molar-refractivity contribution >= 4 is 28.9 Å². The number of rotatable bonds is 5. The lowest BCUT2D eigenvalue weighted by Gasteiger charge is -2.26. The van der Waals surface area contributed by atoms with Crippen LogP contribution < -0.4 is 14.0 Å². The standard InChI is InChI=1S/C45H31BO3/c1-2-12-31(13-3-1)32-26-28-37(29-27-32)47-46-48-44-35(18-10-24-42(44)40-22-8-16-33-14-4-6-20-38(33)40)30-36-19-11-25-43(45(36)49-46)41-23-9-17-34-15-5-7-21-39(34)41/h1-29H,30H2. The van der Waals surface area contributed by atoms with Gasteiger partial charge in [0.25, 0.3) is 0 Å². The zero-order chi connectivity index (χ0) is 32.6. The second-order valence-corrected chi connectivity index (χ2v) is 12.4. The molecule has 0 N–H and O–H groups in total. The molecule has 1 aliphatic heterocycles. The molecule has 0 aliphatic carbocycles. The summed E-state index contributed by atoms with van der Waals surface area (Å²) in [4.78, 5) is 0. The fraction of sp³-hybridized carbons (Fsp3) is 0.0222. The molecule has 0 unspecified atom stereocenters. The molecule has 9 rings (SSSR count). The summed E-state index contributed by atoms with van der Waals surface area (Å²) >= 11 is 0. The van der Waals surface area contributed by atoms with Crippen molar-refractivity contribution in [2.45, 2.75) is 6.42 Å². The van der Waals surface area contributed by atoms with Crippen molar-refractivity contribution in [3.63, 3.8) is 0 Å². The van der Waals surface area contributed by atoms with Gasteiger partial charge >= 0.3 is 7.32 Å². The average Bonchev–Trinajstić information content (AvgIpc) is 3.15. The normalized spacial score (nSPS) is 12.3. The van der Waals surface area contributed by atoms with Gasteiger partial charge in [0.15, 0.2) is 0 Å². The van der Waals surface area contributed by atoms with Gasteiger partial charge in [-0.2, -0.15) is 0 Å². The van der Waals surface area contributed by atoms with E-state index < -0.39 is 7.32 Å². The first-order valence-electron chi connectivity index (χ1n) is 16.6. The lowest BCUT2D eigenvalue weighted by molar-refractivity contribution is 0.303. The third-order valence-electron chi connectivity index (χ3n) is 9.36. The summed E-state index contributed by atoms with van der Waals surface area (Å²) < 4.78 is 20.4. The van der Waals surface area contributed by atoms with Crippen molar-refractivity contribution in [2.24, 2.45) is 0 Å². The Labute approximate surface area is 286 Å². The molecule has 1 aliphatic rings. The molecule has 3 nitrogen and oxygen atoms in total. The number of hydrogen-bond donors (Lipinski definition) is 0. The molecule has 0 amide bonds. The fourth-order valence-electron chi connectivity index (χ4n) is 7.01. The molecule has 0 radical (unpaired) electrons. The summed E-state index contributed by atoms with van der Waals surface area (Å²) in [5, 5.41) is 4.68. The highest BCUT2D eigenvalue weighted by atomic mass is 16.7.